The Bertz CT molecular complexity index is 751. The van der Waals surface area contributed by atoms with Crippen molar-refractivity contribution in [3.8, 4) is 11.3 Å². The van der Waals surface area contributed by atoms with Crippen molar-refractivity contribution in [2.75, 3.05) is 37.6 Å². The van der Waals surface area contributed by atoms with Crippen LogP contribution in [0.5, 0.6) is 0 Å². The van der Waals surface area contributed by atoms with E-state index in [0.29, 0.717) is 23.9 Å². The van der Waals surface area contributed by atoms with Crippen LogP contribution in [0.4, 0.5) is 5.82 Å². The molecule has 0 saturated carbocycles. The van der Waals surface area contributed by atoms with Crippen molar-refractivity contribution in [2.45, 2.75) is 6.04 Å². The normalized spacial score (nSPS) is 21.6. The third kappa shape index (κ3) is 2.88. The van der Waals surface area contributed by atoms with Gasteiger partial charge >= 0.3 is 0 Å². The second kappa shape index (κ2) is 6.47. The molecule has 0 unspecified atom stereocenters. The molecule has 0 bridgehead atoms. The van der Waals surface area contributed by atoms with Crippen molar-refractivity contribution in [1.82, 2.24) is 20.2 Å². The smallest absolute Gasteiger partial charge is 0.246 e. The van der Waals surface area contributed by atoms with Crippen LogP contribution in [-0.2, 0) is 4.79 Å². The Morgan fingerprint density at radius 2 is 1.96 bits per heavy atom. The maximum Gasteiger partial charge on any atom is 0.246 e. The van der Waals surface area contributed by atoms with Gasteiger partial charge in [-0.25, -0.2) is 9.97 Å². The number of nitrogens with zero attached hydrogens (tertiary/aromatic N) is 4. The first-order valence-corrected chi connectivity index (χ1v) is 8.44. The average Bonchev–Trinajstić information content (AvgIpc) is 2.63. The summed E-state index contributed by atoms with van der Waals surface area (Å²) >= 11 is 5.94. The number of nitrogens with one attached hydrogen (secondary N) is 1. The summed E-state index contributed by atoms with van der Waals surface area (Å²) in [6.07, 6.45) is 1.51. The predicted octanol–water partition coefficient (Wildman–Crippen LogP) is 1.42. The quantitative estimate of drug-likeness (QED) is 0.893. The number of anilines is 1. The van der Waals surface area contributed by atoms with Gasteiger partial charge < -0.3 is 5.32 Å². The lowest BCUT2D eigenvalue weighted by molar-refractivity contribution is -0.126. The molecule has 1 atom stereocenters. The third-order valence-corrected chi connectivity index (χ3v) is 4.84. The number of fused-ring (bicyclic) bond motifs is 1. The van der Waals surface area contributed by atoms with Gasteiger partial charge in [-0.05, 0) is 12.1 Å². The second-order valence-electron chi connectivity index (χ2n) is 6.01. The van der Waals surface area contributed by atoms with Crippen LogP contribution in [-0.4, -0.2) is 59.5 Å². The molecule has 2 saturated heterocycles. The number of halogens is 1. The van der Waals surface area contributed by atoms with E-state index in [9.17, 15) is 4.79 Å². The number of carbonyl (C=O) groups excluding carboxylic acids is 1. The van der Waals surface area contributed by atoms with E-state index in [-0.39, 0.29) is 11.9 Å². The second-order valence-corrected chi connectivity index (χ2v) is 6.45. The molecule has 3 heterocycles. The summed E-state index contributed by atoms with van der Waals surface area (Å²) < 4.78 is 0. The summed E-state index contributed by atoms with van der Waals surface area (Å²) in [7, 11) is 0. The zero-order valence-corrected chi connectivity index (χ0v) is 13.9. The van der Waals surface area contributed by atoms with E-state index in [1.54, 1.807) is 4.90 Å². The van der Waals surface area contributed by atoms with Crippen molar-refractivity contribution >= 4 is 23.3 Å². The van der Waals surface area contributed by atoms with Gasteiger partial charge in [0.05, 0.1) is 5.69 Å². The van der Waals surface area contributed by atoms with Gasteiger partial charge in [-0.2, -0.15) is 0 Å². The summed E-state index contributed by atoms with van der Waals surface area (Å²) in [5.74, 6) is 0.763. The van der Waals surface area contributed by atoms with Crippen LogP contribution < -0.4 is 10.2 Å². The number of aromatic nitrogens is 2. The standard InChI is InChI=1S/C17H18ClN5O/c18-13-3-1-12(2-4-13)14-9-16(21-11-20-14)23-8-7-22-6-5-19-10-15(22)17(23)24/h1-4,9,11,15,19H,5-8,10H2/t15-/m1/s1. The van der Waals surface area contributed by atoms with Gasteiger partial charge in [0.2, 0.25) is 5.91 Å². The van der Waals surface area contributed by atoms with Crippen LogP contribution in [0.1, 0.15) is 0 Å². The van der Waals surface area contributed by atoms with Crippen LogP contribution in [0.2, 0.25) is 5.02 Å². The summed E-state index contributed by atoms with van der Waals surface area (Å²) in [5, 5.41) is 3.98. The minimum absolute atomic E-state index is 0.0959. The van der Waals surface area contributed by atoms with Crippen LogP contribution in [0.25, 0.3) is 11.3 Å². The molecule has 2 fully saturated rings. The molecule has 0 spiro atoms. The average molecular weight is 344 g/mol. The Balaban J connectivity index is 1.61. The number of benzene rings is 1. The fraction of sp³-hybridized carbons (Fsp3) is 0.353. The summed E-state index contributed by atoms with van der Waals surface area (Å²) in [6, 6.07) is 9.26. The summed E-state index contributed by atoms with van der Waals surface area (Å²) in [4.78, 5) is 25.5. The van der Waals surface area contributed by atoms with E-state index in [2.05, 4.69) is 20.2 Å². The van der Waals surface area contributed by atoms with E-state index in [1.165, 1.54) is 6.33 Å². The summed E-state index contributed by atoms with van der Waals surface area (Å²) in [6.45, 7) is 4.09. The van der Waals surface area contributed by atoms with E-state index in [4.69, 9.17) is 11.6 Å². The number of amides is 1. The molecule has 0 radical (unpaired) electrons. The minimum atomic E-state index is -0.0959. The first-order valence-electron chi connectivity index (χ1n) is 8.06. The number of carbonyl (C=O) groups is 1. The van der Waals surface area contributed by atoms with Crippen molar-refractivity contribution < 1.29 is 4.79 Å². The van der Waals surface area contributed by atoms with Gasteiger partial charge in [0.1, 0.15) is 18.2 Å². The first kappa shape index (κ1) is 15.5. The zero-order chi connectivity index (χ0) is 16.5. The maximum atomic E-state index is 12.8. The molecule has 124 valence electrons. The fourth-order valence-electron chi connectivity index (χ4n) is 3.28. The Labute approximate surface area is 145 Å². The highest BCUT2D eigenvalue weighted by Crippen LogP contribution is 2.24. The molecule has 1 aromatic heterocycles. The van der Waals surface area contributed by atoms with Crippen LogP contribution in [0.15, 0.2) is 36.7 Å². The van der Waals surface area contributed by atoms with Crippen LogP contribution in [0, 0.1) is 0 Å². The third-order valence-electron chi connectivity index (χ3n) is 4.59. The van der Waals surface area contributed by atoms with Gasteiger partial charge in [0.15, 0.2) is 0 Å². The van der Waals surface area contributed by atoms with E-state index in [0.717, 1.165) is 30.9 Å². The molecular formula is C17H18ClN5O. The summed E-state index contributed by atoms with van der Waals surface area (Å²) in [5.41, 5.74) is 1.74. The highest BCUT2D eigenvalue weighted by atomic mass is 35.5. The molecule has 1 amide bonds. The monoisotopic (exact) mass is 343 g/mol. The van der Waals surface area contributed by atoms with Crippen molar-refractivity contribution in [3.63, 3.8) is 0 Å². The van der Waals surface area contributed by atoms with E-state index in [1.807, 2.05) is 30.3 Å². The molecule has 7 heteroatoms. The lowest BCUT2D eigenvalue weighted by atomic mass is 10.1. The molecule has 2 aromatic rings. The van der Waals surface area contributed by atoms with Crippen molar-refractivity contribution in [1.29, 1.82) is 0 Å². The molecule has 24 heavy (non-hydrogen) atoms. The SMILES string of the molecule is O=C1[C@H]2CNCCN2CCN1c1cc(-c2ccc(Cl)cc2)ncn1. The topological polar surface area (TPSA) is 61.4 Å². The lowest BCUT2D eigenvalue weighted by Gasteiger charge is -2.42. The predicted molar refractivity (Wildman–Crippen MR) is 93.1 cm³/mol. The maximum absolute atomic E-state index is 12.8. The van der Waals surface area contributed by atoms with Crippen LogP contribution >= 0.6 is 11.6 Å². The van der Waals surface area contributed by atoms with Gasteiger partial charge in [0, 0.05) is 49.4 Å². The Kier molecular flexibility index (Phi) is 4.18. The number of piperazine rings is 2. The molecule has 0 aliphatic carbocycles. The number of rotatable bonds is 2. The molecule has 1 N–H and O–H groups in total. The molecule has 2 aliphatic rings. The number of hydrogen-bond donors (Lipinski definition) is 1. The minimum Gasteiger partial charge on any atom is -0.313 e. The Morgan fingerprint density at radius 1 is 1.12 bits per heavy atom. The zero-order valence-electron chi connectivity index (χ0n) is 13.2. The van der Waals surface area contributed by atoms with Crippen molar-refractivity contribution in [3.05, 3.63) is 41.7 Å². The fourth-order valence-corrected chi connectivity index (χ4v) is 3.40. The first-order chi connectivity index (χ1) is 11.7. The van der Waals surface area contributed by atoms with Crippen molar-refractivity contribution in [2.24, 2.45) is 0 Å². The van der Waals surface area contributed by atoms with Gasteiger partial charge in [-0.3, -0.25) is 14.6 Å². The molecular weight excluding hydrogens is 326 g/mol. The highest BCUT2D eigenvalue weighted by Gasteiger charge is 2.37. The lowest BCUT2D eigenvalue weighted by Crippen LogP contribution is -2.64. The molecule has 2 aliphatic heterocycles. The molecule has 4 rings (SSSR count). The Hall–Kier alpha value is -2.02. The molecule has 6 nitrogen and oxygen atoms in total. The van der Waals surface area contributed by atoms with Gasteiger partial charge in [-0.1, -0.05) is 23.7 Å². The highest BCUT2D eigenvalue weighted by molar-refractivity contribution is 6.30. The van der Waals surface area contributed by atoms with E-state index < -0.39 is 0 Å². The molecule has 1 aromatic carbocycles. The van der Waals surface area contributed by atoms with Gasteiger partial charge in [0.25, 0.3) is 0 Å². The largest absolute Gasteiger partial charge is 0.313 e. The number of hydrogen-bond acceptors (Lipinski definition) is 5. The van der Waals surface area contributed by atoms with Gasteiger partial charge in [-0.15, -0.1) is 0 Å². The van der Waals surface area contributed by atoms with E-state index >= 15 is 0 Å². The van der Waals surface area contributed by atoms with Crippen LogP contribution in [0.3, 0.4) is 0 Å². The Morgan fingerprint density at radius 3 is 2.79 bits per heavy atom.